The minimum Gasteiger partial charge on any atom is -0.300 e. The van der Waals surface area contributed by atoms with Crippen molar-refractivity contribution in [3.05, 3.63) is 0 Å². The molecule has 0 bridgehead atoms. The number of carbonyl (C=O) groups excluding carboxylic acids is 1. The van der Waals surface area contributed by atoms with Crippen LogP contribution in [0.2, 0.25) is 0 Å². The van der Waals surface area contributed by atoms with E-state index in [2.05, 4.69) is 13.8 Å². The van der Waals surface area contributed by atoms with Crippen molar-refractivity contribution in [3.63, 3.8) is 0 Å². The summed E-state index contributed by atoms with van der Waals surface area (Å²) in [6, 6.07) is 0. The molecule has 1 aliphatic rings. The normalized spacial score (nSPS) is 27.7. The predicted octanol–water partition coefficient (Wildman–Crippen LogP) is 2.79. The summed E-state index contributed by atoms with van der Waals surface area (Å²) in [5.41, 5.74) is 0.449. The maximum Gasteiger partial charge on any atom is 0.132 e. The van der Waals surface area contributed by atoms with Gasteiger partial charge in [-0.3, -0.25) is 4.79 Å². The molecule has 0 aromatic rings. The number of hydrogen-bond acceptors (Lipinski definition) is 1. The summed E-state index contributed by atoms with van der Waals surface area (Å²) in [6.07, 6.45) is 4.10. The van der Waals surface area contributed by atoms with Gasteiger partial charge in [-0.05, 0) is 24.2 Å². The van der Waals surface area contributed by atoms with E-state index in [1.807, 2.05) is 6.92 Å². The third-order valence-electron chi connectivity index (χ3n) is 3.11. The van der Waals surface area contributed by atoms with Crippen molar-refractivity contribution >= 4 is 5.78 Å². The zero-order chi connectivity index (χ0) is 8.48. The third-order valence-corrected chi connectivity index (χ3v) is 3.11. The molecule has 1 atom stereocenters. The van der Waals surface area contributed by atoms with Crippen molar-refractivity contribution in [2.24, 2.45) is 11.3 Å². The van der Waals surface area contributed by atoms with Crippen molar-refractivity contribution < 1.29 is 4.79 Å². The average Bonchev–Trinajstić information content (AvgIpc) is 1.98. The van der Waals surface area contributed by atoms with E-state index in [0.29, 0.717) is 23.5 Å². The highest BCUT2D eigenvalue weighted by Crippen LogP contribution is 2.47. The molecule has 0 N–H and O–H groups in total. The molecule has 64 valence electrons. The molecule has 0 spiro atoms. The number of Topliss-reactive ketones (excluding diaryl/α,β-unsaturated/α-hetero) is 1. The van der Waals surface area contributed by atoms with Gasteiger partial charge in [0.2, 0.25) is 0 Å². The van der Waals surface area contributed by atoms with Crippen molar-refractivity contribution in [1.82, 2.24) is 0 Å². The van der Waals surface area contributed by atoms with Crippen molar-refractivity contribution in [2.45, 2.75) is 46.5 Å². The lowest BCUT2D eigenvalue weighted by molar-refractivity contribution is -0.122. The highest BCUT2D eigenvalue weighted by Gasteiger charge is 2.38. The molecule has 1 aliphatic carbocycles. The fraction of sp³-hybridized carbons (Fsp3) is 0.900. The molecule has 1 saturated carbocycles. The summed E-state index contributed by atoms with van der Waals surface area (Å²) in [5.74, 6) is 1.11. The zero-order valence-electron chi connectivity index (χ0n) is 7.81. The Morgan fingerprint density at radius 1 is 1.55 bits per heavy atom. The van der Waals surface area contributed by atoms with Crippen LogP contribution in [0.5, 0.6) is 0 Å². The smallest absolute Gasteiger partial charge is 0.132 e. The molecule has 0 aliphatic heterocycles. The Bertz CT molecular complexity index is 158. The lowest BCUT2D eigenvalue weighted by atomic mass is 9.61. The lowest BCUT2D eigenvalue weighted by Crippen LogP contribution is -2.35. The van der Waals surface area contributed by atoms with E-state index in [0.717, 1.165) is 6.42 Å². The van der Waals surface area contributed by atoms with Crippen molar-refractivity contribution in [3.8, 4) is 0 Å². The number of carbonyl (C=O) groups is 1. The monoisotopic (exact) mass is 154 g/mol. The molecule has 11 heavy (non-hydrogen) atoms. The number of hydrogen-bond donors (Lipinski definition) is 0. The first kappa shape index (κ1) is 8.76. The second-order valence-corrected chi connectivity index (χ2v) is 4.32. The summed E-state index contributed by atoms with van der Waals surface area (Å²) >= 11 is 0. The molecule has 0 aromatic carbocycles. The maximum absolute atomic E-state index is 11.1. The molecule has 1 heteroatoms. The Hall–Kier alpha value is -0.330. The lowest BCUT2D eigenvalue weighted by Gasteiger charge is -2.44. The molecule has 1 fully saturated rings. The molecule has 1 rings (SSSR count). The van der Waals surface area contributed by atoms with Gasteiger partial charge < -0.3 is 0 Å². The van der Waals surface area contributed by atoms with Crippen LogP contribution in [0.4, 0.5) is 0 Å². The van der Waals surface area contributed by atoms with Gasteiger partial charge in [0.25, 0.3) is 0 Å². The minimum atomic E-state index is 0.433. The SMILES string of the molecule is CCC(=O)CC1CCC1(C)C. The largest absolute Gasteiger partial charge is 0.300 e. The first-order valence-electron chi connectivity index (χ1n) is 4.58. The minimum absolute atomic E-state index is 0.433. The van der Waals surface area contributed by atoms with Crippen LogP contribution in [-0.2, 0) is 4.79 Å². The zero-order valence-corrected chi connectivity index (χ0v) is 7.81. The first-order chi connectivity index (χ1) is 5.06. The van der Waals surface area contributed by atoms with Crippen molar-refractivity contribution in [2.75, 3.05) is 0 Å². The van der Waals surface area contributed by atoms with Crippen LogP contribution in [0.15, 0.2) is 0 Å². The fourth-order valence-corrected chi connectivity index (χ4v) is 1.72. The molecule has 0 amide bonds. The van der Waals surface area contributed by atoms with Gasteiger partial charge in [0.15, 0.2) is 0 Å². The highest BCUT2D eigenvalue weighted by molar-refractivity contribution is 5.78. The van der Waals surface area contributed by atoms with E-state index in [4.69, 9.17) is 0 Å². The number of ketones is 1. The Kier molecular flexibility index (Phi) is 2.36. The fourth-order valence-electron chi connectivity index (χ4n) is 1.72. The van der Waals surface area contributed by atoms with Crippen LogP contribution in [-0.4, -0.2) is 5.78 Å². The summed E-state index contributed by atoms with van der Waals surface area (Å²) in [4.78, 5) is 11.1. The van der Waals surface area contributed by atoms with E-state index in [1.165, 1.54) is 12.8 Å². The van der Waals surface area contributed by atoms with Gasteiger partial charge in [0.1, 0.15) is 5.78 Å². The van der Waals surface area contributed by atoms with Crippen LogP contribution < -0.4 is 0 Å². The topological polar surface area (TPSA) is 17.1 Å². The standard InChI is InChI=1S/C10H18O/c1-4-9(11)7-8-5-6-10(8,2)3/h8H,4-7H2,1-3H3. The molecule has 0 heterocycles. The summed E-state index contributed by atoms with van der Waals surface area (Å²) in [7, 11) is 0. The van der Waals surface area contributed by atoms with Crippen LogP contribution in [0.25, 0.3) is 0 Å². The van der Waals surface area contributed by atoms with Crippen LogP contribution in [0.3, 0.4) is 0 Å². The molecule has 0 saturated heterocycles. The van der Waals surface area contributed by atoms with E-state index in [9.17, 15) is 4.79 Å². The molecular weight excluding hydrogens is 136 g/mol. The predicted molar refractivity (Wildman–Crippen MR) is 46.4 cm³/mol. The second kappa shape index (κ2) is 2.96. The van der Waals surface area contributed by atoms with Gasteiger partial charge in [0, 0.05) is 12.8 Å². The van der Waals surface area contributed by atoms with E-state index >= 15 is 0 Å². The van der Waals surface area contributed by atoms with Crippen LogP contribution in [0, 0.1) is 11.3 Å². The first-order valence-corrected chi connectivity index (χ1v) is 4.58. The average molecular weight is 154 g/mol. The van der Waals surface area contributed by atoms with Gasteiger partial charge >= 0.3 is 0 Å². The van der Waals surface area contributed by atoms with Gasteiger partial charge in [-0.25, -0.2) is 0 Å². The molecule has 1 unspecified atom stereocenters. The van der Waals surface area contributed by atoms with E-state index in [-0.39, 0.29) is 0 Å². The van der Waals surface area contributed by atoms with E-state index < -0.39 is 0 Å². The Morgan fingerprint density at radius 2 is 2.18 bits per heavy atom. The highest BCUT2D eigenvalue weighted by atomic mass is 16.1. The Labute approximate surface area is 69.2 Å². The Balaban J connectivity index is 2.34. The maximum atomic E-state index is 11.1. The van der Waals surface area contributed by atoms with Gasteiger partial charge in [0.05, 0.1) is 0 Å². The van der Waals surface area contributed by atoms with Crippen LogP contribution >= 0.6 is 0 Å². The van der Waals surface area contributed by atoms with Crippen LogP contribution in [0.1, 0.15) is 46.5 Å². The summed E-state index contributed by atoms with van der Waals surface area (Å²) in [5, 5.41) is 0. The van der Waals surface area contributed by atoms with Gasteiger partial charge in [-0.15, -0.1) is 0 Å². The quantitative estimate of drug-likeness (QED) is 0.611. The summed E-state index contributed by atoms with van der Waals surface area (Å²) in [6.45, 7) is 6.49. The molecular formula is C10H18O. The third kappa shape index (κ3) is 1.82. The van der Waals surface area contributed by atoms with Gasteiger partial charge in [-0.1, -0.05) is 20.8 Å². The molecule has 1 nitrogen and oxygen atoms in total. The van der Waals surface area contributed by atoms with Gasteiger partial charge in [-0.2, -0.15) is 0 Å². The molecule has 0 radical (unpaired) electrons. The second-order valence-electron chi connectivity index (χ2n) is 4.32. The number of rotatable bonds is 3. The Morgan fingerprint density at radius 3 is 2.45 bits per heavy atom. The summed E-state index contributed by atoms with van der Waals surface area (Å²) < 4.78 is 0. The van der Waals surface area contributed by atoms with Crippen molar-refractivity contribution in [1.29, 1.82) is 0 Å². The van der Waals surface area contributed by atoms with E-state index in [1.54, 1.807) is 0 Å². The molecule has 0 aromatic heterocycles.